The summed E-state index contributed by atoms with van der Waals surface area (Å²) in [5, 5.41) is 11.9. The smallest absolute Gasteiger partial charge is 0.329 e. The van der Waals surface area contributed by atoms with E-state index in [-0.39, 0.29) is 12.0 Å². The highest BCUT2D eigenvalue weighted by Gasteiger charge is 2.40. The standard InChI is InChI=1S/C15H17F2NO3/c16-11-6-4-5-10(13(11)17)9-12(19)18-15(14(20)21)7-2-1-3-8-15/h4-6H,1-3,7-9H2,(H,18,19)(H,20,21). The number of carboxylic acid groups (broad SMARTS) is 1. The molecule has 114 valence electrons. The Morgan fingerprint density at radius 2 is 1.86 bits per heavy atom. The number of carbonyl (C=O) groups excluding carboxylic acids is 1. The summed E-state index contributed by atoms with van der Waals surface area (Å²) in [6, 6.07) is 3.59. The van der Waals surface area contributed by atoms with Gasteiger partial charge in [-0.05, 0) is 18.9 Å². The van der Waals surface area contributed by atoms with Crippen LogP contribution in [-0.2, 0) is 16.0 Å². The van der Waals surface area contributed by atoms with Gasteiger partial charge < -0.3 is 10.4 Å². The molecule has 0 unspecified atom stereocenters. The first-order valence-electron chi connectivity index (χ1n) is 6.92. The van der Waals surface area contributed by atoms with Crippen LogP contribution in [0.1, 0.15) is 37.7 Å². The molecule has 0 heterocycles. The van der Waals surface area contributed by atoms with Crippen LogP contribution < -0.4 is 5.32 Å². The lowest BCUT2D eigenvalue weighted by atomic mass is 9.81. The molecule has 21 heavy (non-hydrogen) atoms. The summed E-state index contributed by atoms with van der Waals surface area (Å²) < 4.78 is 26.6. The van der Waals surface area contributed by atoms with Gasteiger partial charge in [-0.3, -0.25) is 4.79 Å². The first-order valence-corrected chi connectivity index (χ1v) is 6.92. The quantitative estimate of drug-likeness (QED) is 0.897. The molecule has 0 radical (unpaired) electrons. The van der Waals surface area contributed by atoms with Gasteiger partial charge in [0.25, 0.3) is 0 Å². The van der Waals surface area contributed by atoms with Crippen LogP contribution in [0.15, 0.2) is 18.2 Å². The van der Waals surface area contributed by atoms with Crippen molar-refractivity contribution in [2.75, 3.05) is 0 Å². The molecule has 1 aromatic carbocycles. The highest BCUT2D eigenvalue weighted by Crippen LogP contribution is 2.28. The SMILES string of the molecule is O=C(Cc1cccc(F)c1F)NC1(C(=O)O)CCCCC1. The van der Waals surface area contributed by atoms with Crippen LogP contribution in [0.3, 0.4) is 0 Å². The molecule has 0 bridgehead atoms. The average molecular weight is 297 g/mol. The van der Waals surface area contributed by atoms with E-state index in [4.69, 9.17) is 0 Å². The van der Waals surface area contributed by atoms with Crippen molar-refractivity contribution in [3.05, 3.63) is 35.4 Å². The van der Waals surface area contributed by atoms with E-state index in [1.54, 1.807) is 0 Å². The highest BCUT2D eigenvalue weighted by molar-refractivity contribution is 5.88. The summed E-state index contributed by atoms with van der Waals surface area (Å²) in [7, 11) is 0. The van der Waals surface area contributed by atoms with Gasteiger partial charge >= 0.3 is 5.97 Å². The number of halogens is 2. The number of aliphatic carboxylic acids is 1. The third-order valence-corrected chi connectivity index (χ3v) is 3.88. The fourth-order valence-corrected chi connectivity index (χ4v) is 2.72. The number of hydrogen-bond acceptors (Lipinski definition) is 2. The molecule has 1 amide bonds. The van der Waals surface area contributed by atoms with Crippen LogP contribution in [0.2, 0.25) is 0 Å². The van der Waals surface area contributed by atoms with Crippen LogP contribution in [0, 0.1) is 11.6 Å². The van der Waals surface area contributed by atoms with E-state index < -0.39 is 29.0 Å². The van der Waals surface area contributed by atoms with Crippen molar-refractivity contribution in [2.45, 2.75) is 44.1 Å². The first-order chi connectivity index (χ1) is 9.94. The summed E-state index contributed by atoms with van der Waals surface area (Å²) in [6.07, 6.45) is 2.73. The van der Waals surface area contributed by atoms with Crippen LogP contribution in [0.4, 0.5) is 8.78 Å². The van der Waals surface area contributed by atoms with Crippen LogP contribution in [0.5, 0.6) is 0 Å². The number of amides is 1. The minimum absolute atomic E-state index is 0.0798. The van der Waals surface area contributed by atoms with Crippen molar-refractivity contribution in [3.8, 4) is 0 Å². The molecule has 4 nitrogen and oxygen atoms in total. The number of nitrogens with one attached hydrogen (secondary N) is 1. The molecule has 2 N–H and O–H groups in total. The van der Waals surface area contributed by atoms with Gasteiger partial charge in [-0.1, -0.05) is 31.4 Å². The van der Waals surface area contributed by atoms with Gasteiger partial charge in [-0.15, -0.1) is 0 Å². The number of benzene rings is 1. The fraction of sp³-hybridized carbons (Fsp3) is 0.467. The molecule has 0 aromatic heterocycles. The van der Waals surface area contributed by atoms with Gasteiger partial charge in [0.15, 0.2) is 11.6 Å². The number of hydrogen-bond donors (Lipinski definition) is 2. The fourth-order valence-electron chi connectivity index (χ4n) is 2.72. The van der Waals surface area contributed by atoms with Crippen LogP contribution in [-0.4, -0.2) is 22.5 Å². The van der Waals surface area contributed by atoms with Crippen LogP contribution in [0.25, 0.3) is 0 Å². The zero-order valence-electron chi connectivity index (χ0n) is 11.5. The van der Waals surface area contributed by atoms with Gasteiger partial charge in [0.1, 0.15) is 5.54 Å². The summed E-state index contributed by atoms with van der Waals surface area (Å²) >= 11 is 0. The molecule has 0 aliphatic heterocycles. The van der Waals surface area contributed by atoms with Crippen molar-refractivity contribution >= 4 is 11.9 Å². The lowest BCUT2D eigenvalue weighted by molar-refractivity contribution is -0.149. The molecular weight excluding hydrogens is 280 g/mol. The monoisotopic (exact) mass is 297 g/mol. The van der Waals surface area contributed by atoms with E-state index in [1.165, 1.54) is 12.1 Å². The zero-order chi connectivity index (χ0) is 15.5. The molecule has 1 aromatic rings. The van der Waals surface area contributed by atoms with Crippen molar-refractivity contribution < 1.29 is 23.5 Å². The summed E-state index contributed by atoms with van der Waals surface area (Å²) in [4.78, 5) is 23.4. The molecule has 2 rings (SSSR count). The van der Waals surface area contributed by atoms with E-state index in [1.807, 2.05) is 0 Å². The minimum atomic E-state index is -1.28. The summed E-state index contributed by atoms with van der Waals surface area (Å²) in [6.45, 7) is 0. The summed E-state index contributed by atoms with van der Waals surface area (Å²) in [5.74, 6) is -3.77. The largest absolute Gasteiger partial charge is 0.480 e. The molecule has 0 saturated heterocycles. The lowest BCUT2D eigenvalue weighted by Gasteiger charge is -2.34. The summed E-state index contributed by atoms with van der Waals surface area (Å²) in [5.41, 5.74) is -1.36. The van der Waals surface area contributed by atoms with Crippen molar-refractivity contribution in [1.29, 1.82) is 0 Å². The Bertz CT molecular complexity index is 554. The number of carbonyl (C=O) groups is 2. The molecule has 0 atom stereocenters. The molecule has 1 saturated carbocycles. The van der Waals surface area contributed by atoms with Crippen molar-refractivity contribution in [1.82, 2.24) is 5.32 Å². The van der Waals surface area contributed by atoms with Crippen molar-refractivity contribution in [2.24, 2.45) is 0 Å². The molecule has 1 aliphatic rings. The second-order valence-corrected chi connectivity index (χ2v) is 5.39. The minimum Gasteiger partial charge on any atom is -0.480 e. The van der Waals surface area contributed by atoms with E-state index in [9.17, 15) is 23.5 Å². The molecule has 6 heteroatoms. The normalized spacial score (nSPS) is 17.2. The predicted octanol–water partition coefficient (Wildman–Crippen LogP) is 2.41. The molecule has 1 fully saturated rings. The van der Waals surface area contributed by atoms with E-state index in [0.717, 1.165) is 25.3 Å². The second-order valence-electron chi connectivity index (χ2n) is 5.39. The zero-order valence-corrected chi connectivity index (χ0v) is 11.5. The van der Waals surface area contributed by atoms with Crippen molar-refractivity contribution in [3.63, 3.8) is 0 Å². The maximum Gasteiger partial charge on any atom is 0.329 e. The van der Waals surface area contributed by atoms with Gasteiger partial charge in [0.2, 0.25) is 5.91 Å². The Kier molecular flexibility index (Phi) is 4.55. The Labute approximate surface area is 121 Å². The van der Waals surface area contributed by atoms with Gasteiger partial charge in [0, 0.05) is 5.56 Å². The van der Waals surface area contributed by atoms with Crippen LogP contribution >= 0.6 is 0 Å². The van der Waals surface area contributed by atoms with E-state index in [0.29, 0.717) is 12.8 Å². The Balaban J connectivity index is 2.09. The topological polar surface area (TPSA) is 66.4 Å². The average Bonchev–Trinajstić information content (AvgIpc) is 2.44. The number of rotatable bonds is 4. The van der Waals surface area contributed by atoms with E-state index in [2.05, 4.69) is 5.32 Å². The predicted molar refractivity (Wildman–Crippen MR) is 71.7 cm³/mol. The first kappa shape index (κ1) is 15.4. The Morgan fingerprint density at radius 3 is 2.48 bits per heavy atom. The maximum atomic E-state index is 13.5. The second kappa shape index (κ2) is 6.20. The lowest BCUT2D eigenvalue weighted by Crippen LogP contribution is -2.56. The third kappa shape index (κ3) is 3.37. The Hall–Kier alpha value is -1.98. The molecule has 0 spiro atoms. The number of carboxylic acids is 1. The molecule has 1 aliphatic carbocycles. The van der Waals surface area contributed by atoms with Gasteiger partial charge in [-0.25, -0.2) is 13.6 Å². The van der Waals surface area contributed by atoms with E-state index >= 15 is 0 Å². The van der Waals surface area contributed by atoms with Gasteiger partial charge in [-0.2, -0.15) is 0 Å². The van der Waals surface area contributed by atoms with Gasteiger partial charge in [0.05, 0.1) is 6.42 Å². The molecular formula is C15H17F2NO3. The Morgan fingerprint density at radius 1 is 1.19 bits per heavy atom. The highest BCUT2D eigenvalue weighted by atomic mass is 19.2. The maximum absolute atomic E-state index is 13.5. The third-order valence-electron chi connectivity index (χ3n) is 3.88.